The highest BCUT2D eigenvalue weighted by Crippen LogP contribution is 2.29. The van der Waals surface area contributed by atoms with E-state index < -0.39 is 6.55 Å². The van der Waals surface area contributed by atoms with Gasteiger partial charge in [0, 0.05) is 12.1 Å². The van der Waals surface area contributed by atoms with Crippen LogP contribution in [0, 0.1) is 0 Å². The summed E-state index contributed by atoms with van der Waals surface area (Å²) in [7, 11) is 0. The Morgan fingerprint density at radius 2 is 1.79 bits per heavy atom. The molecule has 8 heteroatoms. The smallest absolute Gasteiger partial charge is 0.298 e. The molecule has 28 heavy (non-hydrogen) atoms. The number of aromatic nitrogens is 5. The zero-order chi connectivity index (χ0) is 19.5. The minimum absolute atomic E-state index is 0.253. The number of rotatable bonds is 7. The topological polar surface area (TPSA) is 48.5 Å². The summed E-state index contributed by atoms with van der Waals surface area (Å²) in [5, 5.41) is 9.18. The van der Waals surface area contributed by atoms with Crippen molar-refractivity contribution in [2.45, 2.75) is 24.0 Å². The monoisotopic (exact) mass is 397 g/mol. The van der Waals surface area contributed by atoms with Crippen molar-refractivity contribution in [1.82, 2.24) is 24.3 Å². The van der Waals surface area contributed by atoms with Crippen LogP contribution >= 0.6 is 11.8 Å². The fraction of sp³-hybridized carbons (Fsp3) is 0.150. The lowest BCUT2D eigenvalue weighted by molar-refractivity contribution is 0.0722. The zero-order valence-electron chi connectivity index (χ0n) is 14.9. The SMILES string of the molecule is C=CCn1c(SCc2nc3ccccc3n2C(F)F)nnc1-c1ccccc1. The molecule has 0 unspecified atom stereocenters. The number of benzene rings is 2. The second-order valence-corrected chi connectivity index (χ2v) is 6.97. The van der Waals surface area contributed by atoms with Gasteiger partial charge in [0.25, 0.3) is 0 Å². The van der Waals surface area contributed by atoms with Crippen LogP contribution in [0.3, 0.4) is 0 Å². The van der Waals surface area contributed by atoms with Gasteiger partial charge in [0.1, 0.15) is 5.82 Å². The fourth-order valence-corrected chi connectivity index (χ4v) is 3.91. The van der Waals surface area contributed by atoms with E-state index >= 15 is 0 Å². The van der Waals surface area contributed by atoms with Crippen molar-refractivity contribution in [2.24, 2.45) is 0 Å². The molecule has 0 aliphatic rings. The summed E-state index contributed by atoms with van der Waals surface area (Å²) in [6.07, 6.45) is 1.76. The number of allylic oxidation sites excluding steroid dienone is 1. The highest BCUT2D eigenvalue weighted by atomic mass is 32.2. The first-order valence-electron chi connectivity index (χ1n) is 8.65. The number of para-hydroxylation sites is 2. The maximum absolute atomic E-state index is 13.6. The first-order chi connectivity index (χ1) is 13.7. The molecular weight excluding hydrogens is 380 g/mol. The van der Waals surface area contributed by atoms with Gasteiger partial charge in [-0.15, -0.1) is 16.8 Å². The summed E-state index contributed by atoms with van der Waals surface area (Å²) < 4.78 is 30.1. The maximum Gasteiger partial charge on any atom is 0.320 e. The van der Waals surface area contributed by atoms with Gasteiger partial charge in [0.15, 0.2) is 11.0 Å². The van der Waals surface area contributed by atoms with Gasteiger partial charge in [0.05, 0.1) is 16.8 Å². The molecule has 4 rings (SSSR count). The molecule has 4 aromatic rings. The van der Waals surface area contributed by atoms with E-state index in [4.69, 9.17) is 0 Å². The first-order valence-corrected chi connectivity index (χ1v) is 9.64. The van der Waals surface area contributed by atoms with Gasteiger partial charge in [-0.25, -0.2) is 4.98 Å². The summed E-state index contributed by atoms with van der Waals surface area (Å²) in [6.45, 7) is 1.65. The van der Waals surface area contributed by atoms with Gasteiger partial charge in [0.2, 0.25) is 0 Å². The van der Waals surface area contributed by atoms with Crippen LogP contribution in [0.1, 0.15) is 12.4 Å². The largest absolute Gasteiger partial charge is 0.320 e. The molecule has 142 valence electrons. The lowest BCUT2D eigenvalue weighted by atomic mass is 10.2. The standard InChI is InChI=1S/C20H17F2N5S/c1-2-12-26-18(14-8-4-3-5-9-14)24-25-20(26)28-13-17-23-15-10-6-7-11-16(15)27(17)19(21)22/h2-11,19H,1,12-13H2. The van der Waals surface area contributed by atoms with Gasteiger partial charge in [-0.05, 0) is 12.1 Å². The highest BCUT2D eigenvalue weighted by Gasteiger charge is 2.19. The fourth-order valence-electron chi connectivity index (χ4n) is 3.03. The summed E-state index contributed by atoms with van der Waals surface area (Å²) in [6, 6.07) is 16.6. The minimum atomic E-state index is -2.66. The number of thioether (sulfide) groups is 1. The molecule has 0 aliphatic carbocycles. The molecule has 0 saturated heterocycles. The van der Waals surface area contributed by atoms with Gasteiger partial charge < -0.3 is 0 Å². The molecule has 0 atom stereocenters. The second-order valence-electron chi connectivity index (χ2n) is 6.02. The van der Waals surface area contributed by atoms with E-state index in [1.54, 1.807) is 30.3 Å². The third kappa shape index (κ3) is 3.43. The molecule has 0 amide bonds. The van der Waals surface area contributed by atoms with Crippen molar-refractivity contribution >= 4 is 22.8 Å². The Kier molecular flexibility index (Phi) is 5.21. The van der Waals surface area contributed by atoms with Crippen LogP contribution in [0.5, 0.6) is 0 Å². The van der Waals surface area contributed by atoms with Crippen LogP contribution in [0.25, 0.3) is 22.4 Å². The van der Waals surface area contributed by atoms with Crippen molar-refractivity contribution in [3.05, 3.63) is 73.1 Å². The Balaban J connectivity index is 1.66. The quantitative estimate of drug-likeness (QED) is 0.319. The third-order valence-electron chi connectivity index (χ3n) is 4.25. The number of alkyl halides is 2. The van der Waals surface area contributed by atoms with Gasteiger partial charge in [-0.3, -0.25) is 9.13 Å². The molecule has 0 N–H and O–H groups in total. The van der Waals surface area contributed by atoms with Crippen molar-refractivity contribution < 1.29 is 8.78 Å². The van der Waals surface area contributed by atoms with Crippen LogP contribution in [0.4, 0.5) is 8.78 Å². The zero-order valence-corrected chi connectivity index (χ0v) is 15.7. The number of imidazole rings is 1. The molecule has 0 radical (unpaired) electrons. The molecule has 0 aliphatic heterocycles. The lowest BCUT2D eigenvalue weighted by Gasteiger charge is -2.09. The maximum atomic E-state index is 13.6. The highest BCUT2D eigenvalue weighted by molar-refractivity contribution is 7.98. The normalized spacial score (nSPS) is 11.4. The van der Waals surface area contributed by atoms with Crippen molar-refractivity contribution in [1.29, 1.82) is 0 Å². The van der Waals surface area contributed by atoms with Gasteiger partial charge >= 0.3 is 6.55 Å². The third-order valence-corrected chi connectivity index (χ3v) is 5.22. The first kappa shape index (κ1) is 18.4. The summed E-state index contributed by atoms with van der Waals surface area (Å²) >= 11 is 1.33. The Morgan fingerprint density at radius 3 is 2.54 bits per heavy atom. The molecule has 2 heterocycles. The Bertz CT molecular complexity index is 1100. The van der Waals surface area contributed by atoms with Crippen molar-refractivity contribution in [2.75, 3.05) is 0 Å². The number of halogens is 2. The van der Waals surface area contributed by atoms with Gasteiger partial charge in [-0.1, -0.05) is 60.3 Å². The van der Waals surface area contributed by atoms with E-state index in [9.17, 15) is 8.78 Å². The summed E-state index contributed by atoms with van der Waals surface area (Å²) in [5.74, 6) is 1.27. The van der Waals surface area contributed by atoms with Crippen LogP contribution in [-0.2, 0) is 12.3 Å². The van der Waals surface area contributed by atoms with Crippen molar-refractivity contribution in [3.8, 4) is 11.4 Å². The number of nitrogens with zero attached hydrogens (tertiary/aromatic N) is 5. The molecule has 2 aromatic heterocycles. The Labute approximate surface area is 164 Å². The summed E-state index contributed by atoms with van der Waals surface area (Å²) in [5.41, 5.74) is 1.91. The molecule has 0 bridgehead atoms. The van der Waals surface area contributed by atoms with Crippen LogP contribution < -0.4 is 0 Å². The van der Waals surface area contributed by atoms with E-state index in [-0.39, 0.29) is 5.75 Å². The van der Waals surface area contributed by atoms with Gasteiger partial charge in [-0.2, -0.15) is 8.78 Å². The Hall–Kier alpha value is -3.00. The molecule has 5 nitrogen and oxygen atoms in total. The van der Waals surface area contributed by atoms with E-state index in [2.05, 4.69) is 21.8 Å². The minimum Gasteiger partial charge on any atom is -0.298 e. The van der Waals surface area contributed by atoms with Crippen molar-refractivity contribution in [3.63, 3.8) is 0 Å². The van der Waals surface area contributed by atoms with E-state index in [1.165, 1.54) is 11.8 Å². The molecule has 2 aromatic carbocycles. The average Bonchev–Trinajstić information content (AvgIpc) is 3.28. The average molecular weight is 397 g/mol. The number of hydrogen-bond donors (Lipinski definition) is 0. The predicted octanol–water partition coefficient (Wildman–Crippen LogP) is 5.17. The number of hydrogen-bond acceptors (Lipinski definition) is 4. The second kappa shape index (κ2) is 7.93. The number of fused-ring (bicyclic) bond motifs is 1. The Morgan fingerprint density at radius 1 is 1.04 bits per heavy atom. The van der Waals surface area contributed by atoms with Crippen LogP contribution in [0.15, 0.2) is 72.4 Å². The van der Waals surface area contributed by atoms with E-state index in [1.807, 2.05) is 34.9 Å². The molecular formula is C20H17F2N5S. The molecule has 0 saturated carbocycles. The molecule has 0 spiro atoms. The molecule has 0 fully saturated rings. The van der Waals surface area contributed by atoms with E-state index in [0.717, 1.165) is 10.1 Å². The lowest BCUT2D eigenvalue weighted by Crippen LogP contribution is -2.04. The predicted molar refractivity (Wildman–Crippen MR) is 106 cm³/mol. The van der Waals surface area contributed by atoms with Crippen LogP contribution in [0.2, 0.25) is 0 Å². The van der Waals surface area contributed by atoms with Crippen LogP contribution in [-0.4, -0.2) is 24.3 Å². The van der Waals surface area contributed by atoms with E-state index in [0.29, 0.717) is 34.4 Å². The summed E-state index contributed by atoms with van der Waals surface area (Å²) in [4.78, 5) is 4.37.